The van der Waals surface area contributed by atoms with E-state index in [1.807, 2.05) is 36.4 Å². The van der Waals surface area contributed by atoms with Crippen molar-refractivity contribution in [3.8, 4) is 0 Å². The average molecular weight is 270 g/mol. The van der Waals surface area contributed by atoms with Crippen LogP contribution in [-0.2, 0) is 0 Å². The van der Waals surface area contributed by atoms with Gasteiger partial charge in [0.15, 0.2) is 11.6 Å². The molecule has 0 aromatic heterocycles. The van der Waals surface area contributed by atoms with E-state index in [9.17, 15) is 9.59 Å². The van der Waals surface area contributed by atoms with Crippen molar-refractivity contribution in [2.24, 2.45) is 0 Å². The quantitative estimate of drug-likeness (QED) is 0.779. The molecule has 2 aromatic rings. The van der Waals surface area contributed by atoms with Crippen LogP contribution in [0.5, 0.6) is 0 Å². The summed E-state index contributed by atoms with van der Waals surface area (Å²) >= 11 is 1.46. The molecule has 0 heterocycles. The van der Waals surface area contributed by atoms with Crippen molar-refractivity contribution in [3.63, 3.8) is 0 Å². The lowest BCUT2D eigenvalue weighted by Gasteiger charge is -2.09. The Kier molecular flexibility index (Phi) is 4.17. The molecule has 0 unspecified atom stereocenters. The van der Waals surface area contributed by atoms with Crippen LogP contribution in [0.1, 0.15) is 34.6 Å². The van der Waals surface area contributed by atoms with E-state index in [-0.39, 0.29) is 11.6 Å². The first-order valence-corrected chi connectivity index (χ1v) is 6.79. The zero-order chi connectivity index (χ0) is 13.8. The van der Waals surface area contributed by atoms with Crippen LogP contribution < -0.4 is 0 Å². The van der Waals surface area contributed by atoms with Gasteiger partial charge in [0.05, 0.1) is 0 Å². The number of benzene rings is 2. The highest BCUT2D eigenvalue weighted by Gasteiger charge is 2.11. The summed E-state index contributed by atoms with van der Waals surface area (Å²) in [5.41, 5.74) is 1.37. The Morgan fingerprint density at radius 3 is 1.47 bits per heavy atom. The fourth-order valence-corrected chi connectivity index (χ4v) is 2.99. The second kappa shape index (κ2) is 5.85. The van der Waals surface area contributed by atoms with E-state index < -0.39 is 0 Å². The van der Waals surface area contributed by atoms with Gasteiger partial charge < -0.3 is 0 Å². The van der Waals surface area contributed by atoms with Gasteiger partial charge >= 0.3 is 0 Å². The third-order valence-electron chi connectivity index (χ3n) is 2.75. The minimum atomic E-state index is 0.0309. The molecular formula is C16H14O2S. The summed E-state index contributed by atoms with van der Waals surface area (Å²) in [5.74, 6) is 0.0619. The molecule has 0 aliphatic heterocycles. The number of carbonyl (C=O) groups excluding carboxylic acids is 2. The predicted molar refractivity (Wildman–Crippen MR) is 77.0 cm³/mol. The van der Waals surface area contributed by atoms with Crippen LogP contribution >= 0.6 is 11.8 Å². The Morgan fingerprint density at radius 2 is 1.11 bits per heavy atom. The van der Waals surface area contributed by atoms with Crippen molar-refractivity contribution < 1.29 is 9.59 Å². The summed E-state index contributed by atoms with van der Waals surface area (Å²) in [6, 6.07) is 14.9. The van der Waals surface area contributed by atoms with Crippen LogP contribution in [0.15, 0.2) is 58.3 Å². The highest BCUT2D eigenvalue weighted by molar-refractivity contribution is 7.99. The summed E-state index contributed by atoms with van der Waals surface area (Å²) in [6.07, 6.45) is 0. The van der Waals surface area contributed by atoms with Gasteiger partial charge in [0, 0.05) is 20.9 Å². The first-order chi connectivity index (χ1) is 9.09. The highest BCUT2D eigenvalue weighted by Crippen LogP contribution is 2.33. The van der Waals surface area contributed by atoms with E-state index in [0.29, 0.717) is 11.1 Å². The van der Waals surface area contributed by atoms with Gasteiger partial charge in [0.2, 0.25) is 0 Å². The van der Waals surface area contributed by atoms with Gasteiger partial charge in [0.25, 0.3) is 0 Å². The van der Waals surface area contributed by atoms with E-state index in [1.54, 1.807) is 26.0 Å². The number of hydrogen-bond donors (Lipinski definition) is 0. The smallest absolute Gasteiger partial charge is 0.160 e. The third kappa shape index (κ3) is 3.12. The molecule has 0 saturated heterocycles. The first-order valence-electron chi connectivity index (χ1n) is 5.97. The number of Topliss-reactive ketones (excluding diaryl/α,β-unsaturated/α-hetero) is 2. The molecule has 0 aliphatic carbocycles. The molecule has 96 valence electrons. The van der Waals surface area contributed by atoms with Crippen LogP contribution in [0, 0.1) is 0 Å². The molecular weight excluding hydrogens is 256 g/mol. The molecule has 0 spiro atoms. The zero-order valence-electron chi connectivity index (χ0n) is 10.8. The summed E-state index contributed by atoms with van der Waals surface area (Å²) in [6.45, 7) is 3.10. The molecule has 0 N–H and O–H groups in total. The molecule has 0 bridgehead atoms. The predicted octanol–water partition coefficient (Wildman–Crippen LogP) is 4.24. The molecule has 0 amide bonds. The van der Waals surface area contributed by atoms with Gasteiger partial charge in [-0.15, -0.1) is 0 Å². The number of ketones is 2. The van der Waals surface area contributed by atoms with Gasteiger partial charge in [-0.2, -0.15) is 0 Å². The molecule has 0 aliphatic rings. The maximum Gasteiger partial charge on any atom is 0.160 e. The Balaban J connectivity index is 2.42. The fourth-order valence-electron chi connectivity index (χ4n) is 1.81. The van der Waals surface area contributed by atoms with Crippen molar-refractivity contribution >= 4 is 23.3 Å². The molecule has 2 aromatic carbocycles. The molecule has 2 nitrogen and oxygen atoms in total. The first kappa shape index (κ1) is 13.6. The fraction of sp³-hybridized carbons (Fsp3) is 0.125. The lowest BCUT2D eigenvalue weighted by Crippen LogP contribution is -1.97. The van der Waals surface area contributed by atoms with Gasteiger partial charge in [0.1, 0.15) is 0 Å². The van der Waals surface area contributed by atoms with Crippen LogP contribution in [0.25, 0.3) is 0 Å². The monoisotopic (exact) mass is 270 g/mol. The molecule has 2 rings (SSSR count). The minimum Gasteiger partial charge on any atom is -0.294 e. The maximum absolute atomic E-state index is 11.6. The standard InChI is InChI=1S/C16H14O2S/c1-11(17)13-7-3-5-9-15(13)19-16-10-6-4-8-14(16)12(2)18/h3-10H,1-2H3. The van der Waals surface area contributed by atoms with Crippen LogP contribution in [0.4, 0.5) is 0 Å². The second-order valence-electron chi connectivity index (χ2n) is 4.21. The van der Waals surface area contributed by atoms with Gasteiger partial charge in [-0.3, -0.25) is 9.59 Å². The topological polar surface area (TPSA) is 34.1 Å². The lowest BCUT2D eigenvalue weighted by atomic mass is 10.1. The van der Waals surface area contributed by atoms with Gasteiger partial charge in [-0.05, 0) is 26.0 Å². The average Bonchev–Trinajstić information content (AvgIpc) is 2.39. The van der Waals surface area contributed by atoms with Crippen molar-refractivity contribution in [2.45, 2.75) is 23.6 Å². The number of carbonyl (C=O) groups is 2. The third-order valence-corrected chi connectivity index (χ3v) is 3.90. The Labute approximate surface area is 116 Å². The van der Waals surface area contributed by atoms with Crippen molar-refractivity contribution in [3.05, 3.63) is 59.7 Å². The van der Waals surface area contributed by atoms with Crippen molar-refractivity contribution in [1.29, 1.82) is 0 Å². The van der Waals surface area contributed by atoms with Crippen LogP contribution in [-0.4, -0.2) is 11.6 Å². The molecule has 0 atom stereocenters. The second-order valence-corrected chi connectivity index (χ2v) is 5.29. The normalized spacial score (nSPS) is 10.2. The summed E-state index contributed by atoms with van der Waals surface area (Å²) in [5, 5.41) is 0. The number of rotatable bonds is 4. The summed E-state index contributed by atoms with van der Waals surface area (Å²) in [4.78, 5) is 24.9. The Morgan fingerprint density at radius 1 is 0.737 bits per heavy atom. The van der Waals surface area contributed by atoms with Crippen LogP contribution in [0.2, 0.25) is 0 Å². The molecule has 0 radical (unpaired) electrons. The SMILES string of the molecule is CC(=O)c1ccccc1Sc1ccccc1C(C)=O. The molecule has 3 heteroatoms. The van der Waals surface area contributed by atoms with Crippen LogP contribution in [0.3, 0.4) is 0 Å². The van der Waals surface area contributed by atoms with Crippen molar-refractivity contribution in [1.82, 2.24) is 0 Å². The Hall–Kier alpha value is -1.87. The van der Waals surface area contributed by atoms with E-state index in [0.717, 1.165) is 9.79 Å². The molecule has 19 heavy (non-hydrogen) atoms. The minimum absolute atomic E-state index is 0.0309. The Bertz CT molecular complexity index is 577. The largest absolute Gasteiger partial charge is 0.294 e. The maximum atomic E-state index is 11.6. The van der Waals surface area contributed by atoms with E-state index >= 15 is 0 Å². The van der Waals surface area contributed by atoms with Crippen molar-refractivity contribution in [2.75, 3.05) is 0 Å². The zero-order valence-corrected chi connectivity index (χ0v) is 11.7. The lowest BCUT2D eigenvalue weighted by molar-refractivity contribution is 0.100. The molecule has 0 saturated carbocycles. The van der Waals surface area contributed by atoms with E-state index in [4.69, 9.17) is 0 Å². The van der Waals surface area contributed by atoms with E-state index in [1.165, 1.54) is 11.8 Å². The van der Waals surface area contributed by atoms with E-state index in [2.05, 4.69) is 0 Å². The van der Waals surface area contributed by atoms with Gasteiger partial charge in [-0.1, -0.05) is 48.2 Å². The summed E-state index contributed by atoms with van der Waals surface area (Å²) in [7, 11) is 0. The summed E-state index contributed by atoms with van der Waals surface area (Å²) < 4.78 is 0. The highest BCUT2D eigenvalue weighted by atomic mass is 32.2. The number of hydrogen-bond acceptors (Lipinski definition) is 3. The molecule has 0 fully saturated rings. The van der Waals surface area contributed by atoms with Gasteiger partial charge in [-0.25, -0.2) is 0 Å².